The second-order valence-electron chi connectivity index (χ2n) is 4.61. The van der Waals surface area contributed by atoms with Gasteiger partial charge >= 0.3 is 0 Å². The van der Waals surface area contributed by atoms with E-state index in [2.05, 4.69) is 5.32 Å². The summed E-state index contributed by atoms with van der Waals surface area (Å²) in [5.41, 5.74) is 5.99. The Hall–Kier alpha value is -1.53. The van der Waals surface area contributed by atoms with Gasteiger partial charge < -0.3 is 15.8 Å². The first-order chi connectivity index (χ1) is 8.99. The van der Waals surface area contributed by atoms with Gasteiger partial charge in [-0.05, 0) is 30.5 Å². The molecule has 2 atom stereocenters. The Morgan fingerprint density at radius 3 is 2.89 bits per heavy atom. The molecule has 0 aromatic heterocycles. The number of hydrogen-bond acceptors (Lipinski definition) is 3. The lowest BCUT2D eigenvalue weighted by Crippen LogP contribution is -2.31. The standard InChI is InChI=1S/C13H15FN2O2S/c1-7-4-5-18-11(7)13(17)16-8-2-3-10(14)9(6-8)12(15)19/h2-3,6-7,11H,4-5H2,1H3,(H2,15,19)(H,16,17). The van der Waals surface area contributed by atoms with Crippen molar-refractivity contribution < 1.29 is 13.9 Å². The van der Waals surface area contributed by atoms with Gasteiger partial charge in [-0.2, -0.15) is 0 Å². The van der Waals surface area contributed by atoms with Gasteiger partial charge in [-0.3, -0.25) is 4.79 Å². The number of amides is 1. The lowest BCUT2D eigenvalue weighted by atomic mass is 10.0. The minimum Gasteiger partial charge on any atom is -0.389 e. The van der Waals surface area contributed by atoms with Crippen molar-refractivity contribution in [3.63, 3.8) is 0 Å². The zero-order valence-electron chi connectivity index (χ0n) is 10.5. The van der Waals surface area contributed by atoms with Crippen molar-refractivity contribution in [2.24, 2.45) is 11.7 Å². The Morgan fingerprint density at radius 1 is 1.58 bits per heavy atom. The van der Waals surface area contributed by atoms with Crippen LogP contribution in [-0.4, -0.2) is 23.6 Å². The van der Waals surface area contributed by atoms with Crippen molar-refractivity contribution in [2.45, 2.75) is 19.4 Å². The smallest absolute Gasteiger partial charge is 0.253 e. The quantitative estimate of drug-likeness (QED) is 0.830. The number of nitrogens with one attached hydrogen (secondary N) is 1. The first-order valence-corrected chi connectivity index (χ1v) is 6.41. The largest absolute Gasteiger partial charge is 0.389 e. The number of carbonyl (C=O) groups excluding carboxylic acids is 1. The molecule has 0 radical (unpaired) electrons. The number of halogens is 1. The topological polar surface area (TPSA) is 64.3 Å². The fourth-order valence-corrected chi connectivity index (χ4v) is 2.19. The second kappa shape index (κ2) is 5.63. The molecule has 0 bridgehead atoms. The monoisotopic (exact) mass is 282 g/mol. The van der Waals surface area contributed by atoms with E-state index in [0.29, 0.717) is 12.3 Å². The van der Waals surface area contributed by atoms with Crippen LogP contribution >= 0.6 is 12.2 Å². The molecule has 102 valence electrons. The molecule has 0 saturated carbocycles. The maximum Gasteiger partial charge on any atom is 0.253 e. The van der Waals surface area contributed by atoms with Crippen molar-refractivity contribution in [2.75, 3.05) is 11.9 Å². The van der Waals surface area contributed by atoms with Crippen molar-refractivity contribution in [1.82, 2.24) is 0 Å². The molecule has 0 aliphatic carbocycles. The summed E-state index contributed by atoms with van der Waals surface area (Å²) in [6.45, 7) is 2.54. The molecular weight excluding hydrogens is 267 g/mol. The molecule has 6 heteroatoms. The zero-order valence-corrected chi connectivity index (χ0v) is 11.3. The molecule has 1 fully saturated rings. The SMILES string of the molecule is CC1CCOC1C(=O)Nc1ccc(F)c(C(N)=S)c1. The lowest BCUT2D eigenvalue weighted by Gasteiger charge is -2.15. The molecule has 1 aliphatic rings. The highest BCUT2D eigenvalue weighted by Crippen LogP contribution is 2.22. The molecule has 3 N–H and O–H groups in total. The Bertz CT molecular complexity index is 521. The lowest BCUT2D eigenvalue weighted by molar-refractivity contribution is -0.126. The maximum atomic E-state index is 13.4. The highest BCUT2D eigenvalue weighted by molar-refractivity contribution is 7.80. The Morgan fingerprint density at radius 2 is 2.32 bits per heavy atom. The average molecular weight is 282 g/mol. The third-order valence-corrected chi connectivity index (χ3v) is 3.37. The van der Waals surface area contributed by atoms with Crippen LogP contribution < -0.4 is 11.1 Å². The Kier molecular flexibility index (Phi) is 4.11. The first-order valence-electron chi connectivity index (χ1n) is 6.01. The summed E-state index contributed by atoms with van der Waals surface area (Å²) in [4.78, 5) is 12.0. The molecule has 0 spiro atoms. The van der Waals surface area contributed by atoms with Crippen LogP contribution in [0.2, 0.25) is 0 Å². The summed E-state index contributed by atoms with van der Waals surface area (Å²) in [5, 5.41) is 2.69. The average Bonchev–Trinajstić information content (AvgIpc) is 2.77. The van der Waals surface area contributed by atoms with Crippen molar-refractivity contribution >= 4 is 28.8 Å². The number of nitrogens with two attached hydrogens (primary N) is 1. The highest BCUT2D eigenvalue weighted by Gasteiger charge is 2.30. The van der Waals surface area contributed by atoms with Crippen LogP contribution in [0, 0.1) is 11.7 Å². The van der Waals surface area contributed by atoms with E-state index in [1.807, 2.05) is 6.92 Å². The van der Waals surface area contributed by atoms with Gasteiger partial charge in [-0.1, -0.05) is 19.1 Å². The van der Waals surface area contributed by atoms with E-state index in [1.54, 1.807) is 0 Å². The molecule has 2 rings (SSSR count). The molecule has 1 amide bonds. The molecule has 2 unspecified atom stereocenters. The highest BCUT2D eigenvalue weighted by atomic mass is 32.1. The van der Waals surface area contributed by atoms with Gasteiger partial charge in [-0.15, -0.1) is 0 Å². The van der Waals surface area contributed by atoms with Crippen LogP contribution in [0.1, 0.15) is 18.9 Å². The van der Waals surface area contributed by atoms with Crippen molar-refractivity contribution in [3.8, 4) is 0 Å². The Balaban J connectivity index is 2.13. The Labute approximate surface area is 116 Å². The van der Waals surface area contributed by atoms with Gasteiger partial charge in [0.15, 0.2) is 0 Å². The number of benzene rings is 1. The minimum absolute atomic E-state index is 0.0425. The van der Waals surface area contributed by atoms with Gasteiger partial charge in [0.25, 0.3) is 5.91 Å². The summed E-state index contributed by atoms with van der Waals surface area (Å²) in [5.74, 6) is -0.558. The number of carbonyl (C=O) groups is 1. The third kappa shape index (κ3) is 3.08. The van der Waals surface area contributed by atoms with Gasteiger partial charge in [0.1, 0.15) is 16.9 Å². The fraction of sp³-hybridized carbons (Fsp3) is 0.385. The predicted octanol–water partition coefficient (Wildman–Crippen LogP) is 1.82. The maximum absolute atomic E-state index is 13.4. The number of rotatable bonds is 3. The normalized spacial score (nSPS) is 22.2. The van der Waals surface area contributed by atoms with Crippen LogP contribution in [0.4, 0.5) is 10.1 Å². The van der Waals surface area contributed by atoms with E-state index < -0.39 is 11.9 Å². The molecule has 1 saturated heterocycles. The summed E-state index contributed by atoms with van der Waals surface area (Å²) in [7, 11) is 0. The van der Waals surface area contributed by atoms with Crippen LogP contribution in [-0.2, 0) is 9.53 Å². The van der Waals surface area contributed by atoms with Gasteiger partial charge in [0.2, 0.25) is 0 Å². The molecule has 1 aromatic rings. The van der Waals surface area contributed by atoms with Crippen LogP contribution in [0.15, 0.2) is 18.2 Å². The number of hydrogen-bond donors (Lipinski definition) is 2. The van der Waals surface area contributed by atoms with Crippen LogP contribution in [0.5, 0.6) is 0 Å². The fourth-order valence-electron chi connectivity index (χ4n) is 2.04. The summed E-state index contributed by atoms with van der Waals surface area (Å²) < 4.78 is 18.8. The summed E-state index contributed by atoms with van der Waals surface area (Å²) in [6.07, 6.45) is 0.401. The van der Waals surface area contributed by atoms with Crippen LogP contribution in [0.25, 0.3) is 0 Å². The van der Waals surface area contributed by atoms with Crippen molar-refractivity contribution in [3.05, 3.63) is 29.6 Å². The summed E-state index contributed by atoms with van der Waals surface area (Å²) in [6, 6.07) is 4.12. The van der Waals surface area contributed by atoms with Crippen molar-refractivity contribution in [1.29, 1.82) is 0 Å². The van der Waals surface area contributed by atoms with E-state index in [4.69, 9.17) is 22.7 Å². The predicted molar refractivity (Wildman–Crippen MR) is 74.4 cm³/mol. The van der Waals surface area contributed by atoms with Gasteiger partial charge in [0, 0.05) is 17.9 Å². The van der Waals surface area contributed by atoms with E-state index in [-0.39, 0.29) is 22.4 Å². The number of thiocarbonyl (C=S) groups is 1. The molecule has 1 aromatic carbocycles. The van der Waals surface area contributed by atoms with E-state index in [0.717, 1.165) is 6.42 Å². The molecule has 1 heterocycles. The summed E-state index contributed by atoms with van der Waals surface area (Å²) >= 11 is 4.75. The molecule has 19 heavy (non-hydrogen) atoms. The molecular formula is C13H15FN2O2S. The third-order valence-electron chi connectivity index (χ3n) is 3.15. The molecule has 1 aliphatic heterocycles. The van der Waals surface area contributed by atoms with E-state index in [9.17, 15) is 9.18 Å². The van der Waals surface area contributed by atoms with Crippen LogP contribution in [0.3, 0.4) is 0 Å². The van der Waals surface area contributed by atoms with Gasteiger partial charge in [-0.25, -0.2) is 4.39 Å². The number of ether oxygens (including phenoxy) is 1. The van der Waals surface area contributed by atoms with Gasteiger partial charge in [0.05, 0.1) is 0 Å². The molecule has 4 nitrogen and oxygen atoms in total. The van der Waals surface area contributed by atoms with E-state index in [1.165, 1.54) is 18.2 Å². The number of anilines is 1. The first kappa shape index (κ1) is 13.9. The second-order valence-corrected chi connectivity index (χ2v) is 5.05. The zero-order chi connectivity index (χ0) is 14.0. The minimum atomic E-state index is -0.504. The van der Waals surface area contributed by atoms with E-state index >= 15 is 0 Å².